The second-order valence-corrected chi connectivity index (χ2v) is 5.78. The Hall–Kier alpha value is -2.22. The van der Waals surface area contributed by atoms with Crippen LogP contribution in [-0.4, -0.2) is 29.2 Å². The fourth-order valence-electron chi connectivity index (χ4n) is 2.29. The zero-order valence-corrected chi connectivity index (χ0v) is 14.2. The molecule has 0 spiro atoms. The van der Waals surface area contributed by atoms with Crippen LogP contribution in [-0.2, 0) is 22.7 Å². The molecule has 6 N–H and O–H groups in total. The topological polar surface area (TPSA) is 122 Å². The number of pyridine rings is 2. The lowest BCUT2D eigenvalue weighted by molar-refractivity contribution is -0.0256. The van der Waals surface area contributed by atoms with Crippen molar-refractivity contribution in [1.29, 1.82) is 0 Å². The van der Waals surface area contributed by atoms with E-state index in [4.69, 9.17) is 26.7 Å². The van der Waals surface area contributed by atoms with Crippen LogP contribution in [0.25, 0.3) is 0 Å². The van der Waals surface area contributed by atoms with Crippen molar-refractivity contribution >= 4 is 11.6 Å². The van der Waals surface area contributed by atoms with Crippen molar-refractivity contribution < 1.29 is 9.47 Å². The van der Waals surface area contributed by atoms with Gasteiger partial charge in [0.25, 0.3) is 0 Å². The van der Waals surface area contributed by atoms with Gasteiger partial charge < -0.3 is 26.7 Å². The smallest absolute Gasteiger partial charge is 0.123 e. The third-order valence-electron chi connectivity index (χ3n) is 3.57. The lowest BCUT2D eigenvalue weighted by Crippen LogP contribution is -2.29. The molecule has 0 aliphatic rings. The molecule has 0 amide bonds. The Morgan fingerprint density at radius 3 is 2.54 bits per heavy atom. The van der Waals surface area contributed by atoms with Crippen LogP contribution in [0, 0.1) is 13.8 Å². The van der Waals surface area contributed by atoms with Gasteiger partial charge in [0.05, 0.1) is 31.6 Å². The zero-order valence-electron chi connectivity index (χ0n) is 14.2. The van der Waals surface area contributed by atoms with Crippen molar-refractivity contribution in [1.82, 2.24) is 9.97 Å². The summed E-state index contributed by atoms with van der Waals surface area (Å²) in [5.41, 5.74) is 21.0. The van der Waals surface area contributed by atoms with E-state index in [-0.39, 0.29) is 6.10 Å². The highest BCUT2D eigenvalue weighted by molar-refractivity contribution is 5.36. The third kappa shape index (κ3) is 5.45. The van der Waals surface area contributed by atoms with Gasteiger partial charge in [0.1, 0.15) is 11.6 Å². The van der Waals surface area contributed by atoms with Crippen molar-refractivity contribution in [2.75, 3.05) is 24.6 Å². The van der Waals surface area contributed by atoms with Gasteiger partial charge in [0.2, 0.25) is 0 Å². The third-order valence-corrected chi connectivity index (χ3v) is 3.57. The second-order valence-electron chi connectivity index (χ2n) is 5.78. The number of rotatable bonds is 8. The monoisotopic (exact) mass is 331 g/mol. The summed E-state index contributed by atoms with van der Waals surface area (Å²) in [6, 6.07) is 5.58. The van der Waals surface area contributed by atoms with Gasteiger partial charge in [0, 0.05) is 12.7 Å². The number of aryl methyl sites for hydroxylation is 2. The van der Waals surface area contributed by atoms with Crippen molar-refractivity contribution in [2.45, 2.75) is 33.2 Å². The normalized spacial score (nSPS) is 12.3. The van der Waals surface area contributed by atoms with Crippen LogP contribution in [0.1, 0.15) is 22.4 Å². The first-order valence-corrected chi connectivity index (χ1v) is 7.81. The van der Waals surface area contributed by atoms with E-state index in [0.717, 1.165) is 22.4 Å². The van der Waals surface area contributed by atoms with Gasteiger partial charge in [-0.1, -0.05) is 0 Å². The highest BCUT2D eigenvalue weighted by Gasteiger charge is 2.10. The van der Waals surface area contributed by atoms with E-state index in [1.807, 2.05) is 32.0 Å². The number of ether oxygens (including phenoxy) is 2. The van der Waals surface area contributed by atoms with Crippen LogP contribution in [0.15, 0.2) is 24.4 Å². The van der Waals surface area contributed by atoms with Crippen molar-refractivity contribution in [3.63, 3.8) is 0 Å². The van der Waals surface area contributed by atoms with Gasteiger partial charge in [-0.2, -0.15) is 0 Å². The summed E-state index contributed by atoms with van der Waals surface area (Å²) in [4.78, 5) is 8.31. The Balaban J connectivity index is 1.81. The Labute approximate surface area is 142 Å². The zero-order chi connectivity index (χ0) is 17.5. The fraction of sp³-hybridized carbons (Fsp3) is 0.412. The second kappa shape index (κ2) is 8.58. The average molecular weight is 331 g/mol. The number of nitrogens with two attached hydrogens (primary N) is 3. The lowest BCUT2D eigenvalue weighted by Gasteiger charge is -2.17. The highest BCUT2D eigenvalue weighted by atomic mass is 16.5. The first kappa shape index (κ1) is 18.1. The molecule has 2 aromatic heterocycles. The van der Waals surface area contributed by atoms with E-state index in [2.05, 4.69) is 9.97 Å². The van der Waals surface area contributed by atoms with E-state index in [0.29, 0.717) is 38.0 Å². The van der Waals surface area contributed by atoms with Gasteiger partial charge in [-0.15, -0.1) is 0 Å². The molecule has 0 fully saturated rings. The number of nitrogens with zero attached hydrogens (tertiary/aromatic N) is 2. The summed E-state index contributed by atoms with van der Waals surface area (Å²) in [7, 11) is 0. The maximum atomic E-state index is 5.77. The molecule has 24 heavy (non-hydrogen) atoms. The molecule has 0 unspecified atom stereocenters. The summed E-state index contributed by atoms with van der Waals surface area (Å²) >= 11 is 0. The minimum absolute atomic E-state index is 0.212. The highest BCUT2D eigenvalue weighted by Crippen LogP contribution is 2.12. The minimum Gasteiger partial charge on any atom is -0.384 e. The fourth-order valence-corrected chi connectivity index (χ4v) is 2.29. The van der Waals surface area contributed by atoms with Gasteiger partial charge in [-0.25, -0.2) is 9.97 Å². The van der Waals surface area contributed by atoms with Crippen molar-refractivity contribution in [3.8, 4) is 0 Å². The van der Waals surface area contributed by atoms with Gasteiger partial charge in [0.15, 0.2) is 0 Å². The molecule has 2 heterocycles. The number of hydrogen-bond acceptors (Lipinski definition) is 7. The predicted molar refractivity (Wildman–Crippen MR) is 94.1 cm³/mol. The van der Waals surface area contributed by atoms with E-state index < -0.39 is 0 Å². The van der Waals surface area contributed by atoms with Crippen LogP contribution in [0.5, 0.6) is 0 Å². The van der Waals surface area contributed by atoms with Crippen LogP contribution in [0.4, 0.5) is 11.6 Å². The summed E-state index contributed by atoms with van der Waals surface area (Å²) in [5.74, 6) is 0.991. The molecule has 1 atom stereocenters. The largest absolute Gasteiger partial charge is 0.384 e. The number of hydrogen-bond donors (Lipinski definition) is 3. The molecule has 0 radical (unpaired) electrons. The Morgan fingerprint density at radius 2 is 1.88 bits per heavy atom. The quantitative estimate of drug-likeness (QED) is 0.666. The molecule has 0 bridgehead atoms. The molecule has 7 nitrogen and oxygen atoms in total. The van der Waals surface area contributed by atoms with E-state index >= 15 is 0 Å². The summed E-state index contributed by atoms with van der Waals surface area (Å²) in [5, 5.41) is 0. The van der Waals surface area contributed by atoms with Crippen LogP contribution in [0.3, 0.4) is 0 Å². The Morgan fingerprint density at radius 1 is 1.08 bits per heavy atom. The summed E-state index contributed by atoms with van der Waals surface area (Å²) < 4.78 is 11.5. The molecule has 0 saturated heterocycles. The summed E-state index contributed by atoms with van der Waals surface area (Å²) in [6.45, 7) is 5.48. The maximum absolute atomic E-state index is 5.77. The molecule has 2 aromatic rings. The summed E-state index contributed by atoms with van der Waals surface area (Å²) in [6.07, 6.45) is 1.51. The van der Waals surface area contributed by atoms with Gasteiger partial charge in [-0.05, 0) is 48.7 Å². The van der Waals surface area contributed by atoms with Crippen LogP contribution < -0.4 is 17.2 Å². The molecular formula is C17H25N5O2. The first-order chi connectivity index (χ1) is 11.5. The number of nitrogen functional groups attached to an aromatic ring is 2. The Kier molecular flexibility index (Phi) is 6.48. The molecule has 2 rings (SSSR count). The molecule has 7 heteroatoms. The number of aromatic nitrogens is 2. The Bertz CT molecular complexity index is 658. The lowest BCUT2D eigenvalue weighted by atomic mass is 10.2. The van der Waals surface area contributed by atoms with Crippen LogP contribution in [0.2, 0.25) is 0 Å². The van der Waals surface area contributed by atoms with E-state index in [1.54, 1.807) is 6.20 Å². The SMILES string of the molecule is Cc1cc(N)nc(CO[C@H](CN)COCc2cnc(N)cc2C)c1. The predicted octanol–water partition coefficient (Wildman–Crippen LogP) is 1.32. The first-order valence-electron chi connectivity index (χ1n) is 7.81. The van der Waals surface area contributed by atoms with Crippen LogP contribution >= 0.6 is 0 Å². The van der Waals surface area contributed by atoms with Crippen molar-refractivity contribution in [2.24, 2.45) is 5.73 Å². The molecule has 0 aliphatic carbocycles. The standard InChI is InChI=1S/C17H25N5O2/c1-11-3-14(22-17(20)4-11)9-24-15(6-18)10-23-8-13-7-21-16(19)5-12(13)2/h3-5,7,15H,6,8-10,18H2,1-2H3,(H2,19,21)(H2,20,22)/t15-/m1/s1. The average Bonchev–Trinajstić information content (AvgIpc) is 2.51. The molecular weight excluding hydrogens is 306 g/mol. The maximum Gasteiger partial charge on any atom is 0.123 e. The minimum atomic E-state index is -0.212. The van der Waals surface area contributed by atoms with E-state index in [1.165, 1.54) is 0 Å². The molecule has 0 aliphatic heterocycles. The number of anilines is 2. The molecule has 130 valence electrons. The van der Waals surface area contributed by atoms with Crippen molar-refractivity contribution in [3.05, 3.63) is 46.8 Å². The van der Waals surface area contributed by atoms with E-state index in [9.17, 15) is 0 Å². The molecule has 0 aromatic carbocycles. The van der Waals surface area contributed by atoms with Gasteiger partial charge in [-0.3, -0.25) is 0 Å². The molecule has 0 saturated carbocycles. The van der Waals surface area contributed by atoms with Gasteiger partial charge >= 0.3 is 0 Å².